The second-order valence-electron chi connectivity index (χ2n) is 3.86. The zero-order valence-electron chi connectivity index (χ0n) is 8.91. The van der Waals surface area contributed by atoms with Gasteiger partial charge in [0, 0.05) is 12.2 Å². The van der Waals surface area contributed by atoms with Crippen LogP contribution >= 0.6 is 0 Å². The maximum Gasteiger partial charge on any atom is 0.405 e. The number of nitrogens with zero attached hydrogens (tertiary/aromatic N) is 3. The van der Waals surface area contributed by atoms with Gasteiger partial charge in [-0.2, -0.15) is 18.2 Å². The van der Waals surface area contributed by atoms with Gasteiger partial charge in [-0.1, -0.05) is 0 Å². The fraction of sp³-hybridized carbons (Fsp3) is 0.556. The van der Waals surface area contributed by atoms with Gasteiger partial charge in [0.1, 0.15) is 12.4 Å². The Morgan fingerprint density at radius 1 is 1.47 bits per heavy atom. The lowest BCUT2D eigenvalue weighted by molar-refractivity contribution is -0.120. The third-order valence-corrected chi connectivity index (χ3v) is 2.40. The van der Waals surface area contributed by atoms with Crippen molar-refractivity contribution in [3.63, 3.8) is 0 Å². The number of alkyl halides is 3. The molecule has 0 amide bonds. The average molecular weight is 247 g/mol. The Morgan fingerprint density at radius 2 is 2.18 bits per heavy atom. The van der Waals surface area contributed by atoms with Crippen molar-refractivity contribution in [3.05, 3.63) is 12.3 Å². The van der Waals surface area contributed by atoms with Crippen LogP contribution in [0.5, 0.6) is 0 Å². The van der Waals surface area contributed by atoms with Gasteiger partial charge in [-0.3, -0.25) is 5.43 Å². The maximum atomic E-state index is 12.4. The van der Waals surface area contributed by atoms with Crippen LogP contribution in [0.15, 0.2) is 12.3 Å². The van der Waals surface area contributed by atoms with Gasteiger partial charge in [-0.05, 0) is 18.9 Å². The van der Waals surface area contributed by atoms with Crippen molar-refractivity contribution in [2.24, 2.45) is 5.84 Å². The summed E-state index contributed by atoms with van der Waals surface area (Å²) in [6.45, 7) is -1.00. The Labute approximate surface area is 95.8 Å². The molecule has 0 saturated heterocycles. The van der Waals surface area contributed by atoms with Gasteiger partial charge in [0.15, 0.2) is 0 Å². The highest BCUT2D eigenvalue weighted by Gasteiger charge is 2.38. The third kappa shape index (κ3) is 3.19. The Bertz CT molecular complexity index is 390. The molecule has 3 N–H and O–H groups in total. The molecule has 1 aliphatic rings. The van der Waals surface area contributed by atoms with Crippen LogP contribution in [0.1, 0.15) is 12.8 Å². The summed E-state index contributed by atoms with van der Waals surface area (Å²) in [6, 6.07) is 1.36. The SMILES string of the molecule is NNc1nccc(N(CC(F)(F)F)C2CC2)n1. The molecule has 0 bridgehead atoms. The van der Waals surface area contributed by atoms with Crippen molar-refractivity contribution in [1.82, 2.24) is 9.97 Å². The number of hydrazine groups is 1. The lowest BCUT2D eigenvalue weighted by atomic mass is 10.4. The number of nitrogens with two attached hydrogens (primary N) is 1. The van der Waals surface area contributed by atoms with E-state index in [4.69, 9.17) is 5.84 Å². The van der Waals surface area contributed by atoms with Gasteiger partial charge >= 0.3 is 6.18 Å². The highest BCUT2D eigenvalue weighted by molar-refractivity contribution is 5.44. The molecule has 0 aromatic carbocycles. The first kappa shape index (κ1) is 11.9. The van der Waals surface area contributed by atoms with Gasteiger partial charge in [0.25, 0.3) is 0 Å². The van der Waals surface area contributed by atoms with Crippen LogP contribution in [0.2, 0.25) is 0 Å². The van der Waals surface area contributed by atoms with Crippen LogP contribution in [-0.2, 0) is 0 Å². The highest BCUT2D eigenvalue weighted by Crippen LogP contribution is 2.33. The molecule has 0 atom stereocenters. The highest BCUT2D eigenvalue weighted by atomic mass is 19.4. The predicted octanol–water partition coefficient (Wildman–Crippen LogP) is 1.29. The number of nitrogen functional groups attached to an aromatic ring is 1. The molecule has 1 aromatic rings. The second kappa shape index (κ2) is 4.36. The quantitative estimate of drug-likeness (QED) is 0.620. The minimum absolute atomic E-state index is 0.0860. The molecule has 17 heavy (non-hydrogen) atoms. The topological polar surface area (TPSA) is 67.1 Å². The Hall–Kier alpha value is -1.57. The van der Waals surface area contributed by atoms with Crippen LogP contribution in [0.25, 0.3) is 0 Å². The number of anilines is 2. The molecule has 0 radical (unpaired) electrons. The summed E-state index contributed by atoms with van der Waals surface area (Å²) in [4.78, 5) is 8.92. The lowest BCUT2D eigenvalue weighted by Crippen LogP contribution is -2.36. The lowest BCUT2D eigenvalue weighted by Gasteiger charge is -2.24. The van der Waals surface area contributed by atoms with Gasteiger partial charge < -0.3 is 4.90 Å². The van der Waals surface area contributed by atoms with Crippen molar-refractivity contribution in [1.29, 1.82) is 0 Å². The minimum atomic E-state index is -4.25. The third-order valence-electron chi connectivity index (χ3n) is 2.40. The summed E-state index contributed by atoms with van der Waals surface area (Å²) >= 11 is 0. The van der Waals surface area contributed by atoms with Crippen molar-refractivity contribution >= 4 is 11.8 Å². The van der Waals surface area contributed by atoms with Crippen molar-refractivity contribution in [2.45, 2.75) is 25.1 Å². The number of nitrogens with one attached hydrogen (secondary N) is 1. The molecule has 1 aliphatic carbocycles. The number of rotatable bonds is 4. The fourth-order valence-electron chi connectivity index (χ4n) is 1.56. The van der Waals surface area contributed by atoms with Crippen LogP contribution in [0.4, 0.5) is 24.9 Å². The largest absolute Gasteiger partial charge is 0.405 e. The van der Waals surface area contributed by atoms with Crippen LogP contribution in [-0.4, -0.2) is 28.7 Å². The van der Waals surface area contributed by atoms with Crippen molar-refractivity contribution in [3.8, 4) is 0 Å². The van der Waals surface area contributed by atoms with E-state index >= 15 is 0 Å². The molecule has 0 spiro atoms. The monoisotopic (exact) mass is 247 g/mol. The van der Waals surface area contributed by atoms with E-state index < -0.39 is 12.7 Å². The van der Waals surface area contributed by atoms with Gasteiger partial charge in [0.2, 0.25) is 5.95 Å². The summed E-state index contributed by atoms with van der Waals surface area (Å²) in [7, 11) is 0. The van der Waals surface area contributed by atoms with E-state index in [9.17, 15) is 13.2 Å². The van der Waals surface area contributed by atoms with Crippen molar-refractivity contribution in [2.75, 3.05) is 16.9 Å². The summed E-state index contributed by atoms with van der Waals surface area (Å²) in [5.41, 5.74) is 2.21. The number of aromatic nitrogens is 2. The summed E-state index contributed by atoms with van der Waals surface area (Å²) in [6.07, 6.45) is -1.36. The summed E-state index contributed by atoms with van der Waals surface area (Å²) in [5, 5.41) is 0. The van der Waals surface area contributed by atoms with Gasteiger partial charge in [-0.15, -0.1) is 0 Å². The number of hydrogen-bond donors (Lipinski definition) is 2. The van der Waals surface area contributed by atoms with Crippen LogP contribution in [0, 0.1) is 0 Å². The molecule has 0 aliphatic heterocycles. The van der Waals surface area contributed by atoms with Gasteiger partial charge in [-0.25, -0.2) is 10.8 Å². The van der Waals surface area contributed by atoms with E-state index in [0.29, 0.717) is 0 Å². The average Bonchev–Trinajstić information content (AvgIpc) is 3.09. The summed E-state index contributed by atoms with van der Waals surface area (Å²) < 4.78 is 37.3. The minimum Gasteiger partial charge on any atom is -0.344 e. The molecule has 1 aromatic heterocycles. The molecule has 5 nitrogen and oxygen atoms in total. The molecule has 1 fully saturated rings. The number of hydrogen-bond acceptors (Lipinski definition) is 5. The number of halogens is 3. The van der Waals surface area contributed by atoms with Crippen molar-refractivity contribution < 1.29 is 13.2 Å². The molecular formula is C9H12F3N5. The Kier molecular flexibility index (Phi) is 3.05. The van der Waals surface area contributed by atoms with E-state index in [2.05, 4.69) is 15.4 Å². The molecule has 8 heteroatoms. The normalized spacial score (nSPS) is 15.8. The zero-order chi connectivity index (χ0) is 12.5. The summed E-state index contributed by atoms with van der Waals surface area (Å²) in [5.74, 6) is 5.47. The van der Waals surface area contributed by atoms with Gasteiger partial charge in [0.05, 0.1) is 0 Å². The van der Waals surface area contributed by atoms with Crippen LogP contribution < -0.4 is 16.2 Å². The fourth-order valence-corrected chi connectivity index (χ4v) is 1.56. The van der Waals surface area contributed by atoms with E-state index in [1.54, 1.807) is 0 Å². The predicted molar refractivity (Wildman–Crippen MR) is 56.3 cm³/mol. The van der Waals surface area contributed by atoms with E-state index in [1.165, 1.54) is 17.2 Å². The first-order valence-corrected chi connectivity index (χ1v) is 5.12. The first-order chi connectivity index (χ1) is 7.99. The van der Waals surface area contributed by atoms with E-state index in [-0.39, 0.29) is 17.8 Å². The molecule has 94 valence electrons. The van der Waals surface area contributed by atoms with E-state index in [0.717, 1.165) is 12.8 Å². The Balaban J connectivity index is 2.19. The molecule has 1 heterocycles. The molecule has 1 saturated carbocycles. The smallest absolute Gasteiger partial charge is 0.344 e. The first-order valence-electron chi connectivity index (χ1n) is 5.12. The zero-order valence-corrected chi connectivity index (χ0v) is 8.91. The molecular weight excluding hydrogens is 235 g/mol. The second-order valence-corrected chi connectivity index (χ2v) is 3.86. The van der Waals surface area contributed by atoms with Crippen LogP contribution in [0.3, 0.4) is 0 Å². The van der Waals surface area contributed by atoms with E-state index in [1.807, 2.05) is 0 Å². The molecule has 2 rings (SSSR count). The molecule has 0 unspecified atom stereocenters. The standard InChI is InChI=1S/C9H12F3N5/c10-9(11,12)5-17(6-1-2-6)7-3-4-14-8(15-7)16-13/h3-4,6H,1-2,5,13H2,(H,14,15,16). The maximum absolute atomic E-state index is 12.4. The Morgan fingerprint density at radius 3 is 2.71 bits per heavy atom.